The van der Waals surface area contributed by atoms with E-state index in [-0.39, 0.29) is 11.8 Å². The summed E-state index contributed by atoms with van der Waals surface area (Å²) in [5.74, 6) is 0.0616. The van der Waals surface area contributed by atoms with Crippen molar-refractivity contribution < 1.29 is 9.53 Å². The zero-order valence-electron chi connectivity index (χ0n) is 10.1. The first-order valence-corrected chi connectivity index (χ1v) is 5.45. The average molecular weight is 232 g/mol. The normalized spacial score (nSPS) is 11.6. The van der Waals surface area contributed by atoms with Gasteiger partial charge in [0, 0.05) is 20.1 Å². The van der Waals surface area contributed by atoms with Gasteiger partial charge in [0.25, 0.3) is 0 Å². The highest BCUT2D eigenvalue weighted by Gasteiger charge is 2.10. The van der Waals surface area contributed by atoms with Crippen LogP contribution in [-0.4, -0.2) is 19.6 Å². The van der Waals surface area contributed by atoms with Crippen molar-refractivity contribution >= 4 is 11.6 Å². The number of rotatable bonds is 5. The standard InChI is InChI=1S/C13H16N2O2/c1-10(9-17-2)7-13(16)15-12-6-4-3-5-11(12)8-14/h3-6,10H,7,9H2,1-2H3,(H,15,16). The first-order valence-electron chi connectivity index (χ1n) is 5.45. The third-order valence-electron chi connectivity index (χ3n) is 2.31. The molecule has 0 saturated heterocycles. The number of hydrogen-bond acceptors (Lipinski definition) is 3. The summed E-state index contributed by atoms with van der Waals surface area (Å²) in [5, 5.41) is 11.6. The Morgan fingerprint density at radius 2 is 2.24 bits per heavy atom. The lowest BCUT2D eigenvalue weighted by molar-refractivity contribution is -0.117. The van der Waals surface area contributed by atoms with Crippen LogP contribution < -0.4 is 5.32 Å². The van der Waals surface area contributed by atoms with E-state index in [1.54, 1.807) is 31.4 Å². The van der Waals surface area contributed by atoms with E-state index < -0.39 is 0 Å². The maximum Gasteiger partial charge on any atom is 0.224 e. The molecule has 1 atom stereocenters. The molecule has 0 heterocycles. The topological polar surface area (TPSA) is 62.1 Å². The molecule has 0 aliphatic carbocycles. The number of nitrogens with one attached hydrogen (secondary N) is 1. The summed E-state index contributed by atoms with van der Waals surface area (Å²) in [6, 6.07) is 8.99. The van der Waals surface area contributed by atoms with Crippen LogP contribution in [0.15, 0.2) is 24.3 Å². The summed E-state index contributed by atoms with van der Waals surface area (Å²) in [4.78, 5) is 11.7. The van der Waals surface area contributed by atoms with Crippen LogP contribution >= 0.6 is 0 Å². The second-order valence-electron chi connectivity index (χ2n) is 3.97. The number of anilines is 1. The summed E-state index contributed by atoms with van der Waals surface area (Å²) in [6.45, 7) is 2.49. The molecule has 1 aromatic rings. The fraction of sp³-hybridized carbons (Fsp3) is 0.385. The number of benzene rings is 1. The minimum absolute atomic E-state index is 0.0998. The van der Waals surface area contributed by atoms with Crippen LogP contribution in [0.3, 0.4) is 0 Å². The van der Waals surface area contributed by atoms with Crippen molar-refractivity contribution in [2.24, 2.45) is 5.92 Å². The van der Waals surface area contributed by atoms with Crippen molar-refractivity contribution in [1.82, 2.24) is 0 Å². The van der Waals surface area contributed by atoms with E-state index >= 15 is 0 Å². The molecule has 1 unspecified atom stereocenters. The van der Waals surface area contributed by atoms with Gasteiger partial charge in [0.1, 0.15) is 6.07 Å². The predicted molar refractivity (Wildman–Crippen MR) is 65.4 cm³/mol. The Morgan fingerprint density at radius 3 is 2.88 bits per heavy atom. The largest absolute Gasteiger partial charge is 0.384 e. The molecule has 1 rings (SSSR count). The van der Waals surface area contributed by atoms with Crippen molar-refractivity contribution in [2.45, 2.75) is 13.3 Å². The molecule has 0 aliphatic heterocycles. The zero-order valence-corrected chi connectivity index (χ0v) is 10.1. The highest BCUT2D eigenvalue weighted by molar-refractivity contribution is 5.92. The molecule has 0 spiro atoms. The van der Waals surface area contributed by atoms with Gasteiger partial charge in [-0.25, -0.2) is 0 Å². The minimum Gasteiger partial charge on any atom is -0.384 e. The van der Waals surface area contributed by atoms with E-state index in [2.05, 4.69) is 5.32 Å². The van der Waals surface area contributed by atoms with Gasteiger partial charge in [-0.2, -0.15) is 5.26 Å². The Balaban J connectivity index is 2.59. The van der Waals surface area contributed by atoms with Crippen LogP contribution in [0.25, 0.3) is 0 Å². The van der Waals surface area contributed by atoms with Crippen molar-refractivity contribution in [3.63, 3.8) is 0 Å². The number of carbonyl (C=O) groups is 1. The van der Waals surface area contributed by atoms with Crippen LogP contribution in [0, 0.1) is 17.2 Å². The monoisotopic (exact) mass is 232 g/mol. The van der Waals surface area contributed by atoms with E-state index in [9.17, 15) is 4.79 Å². The van der Waals surface area contributed by atoms with Crippen molar-refractivity contribution in [3.8, 4) is 6.07 Å². The Kier molecular flexibility index (Phi) is 5.18. The van der Waals surface area contributed by atoms with Gasteiger partial charge in [0.05, 0.1) is 11.3 Å². The molecule has 0 fully saturated rings. The third kappa shape index (κ3) is 4.25. The number of nitrogens with zero attached hydrogens (tertiary/aromatic N) is 1. The molecule has 0 bridgehead atoms. The maximum absolute atomic E-state index is 11.7. The number of hydrogen-bond donors (Lipinski definition) is 1. The number of carbonyl (C=O) groups excluding carboxylic acids is 1. The molecule has 1 N–H and O–H groups in total. The van der Waals surface area contributed by atoms with Gasteiger partial charge in [0.15, 0.2) is 0 Å². The van der Waals surface area contributed by atoms with Crippen molar-refractivity contribution in [3.05, 3.63) is 29.8 Å². The Labute approximate surface area is 101 Å². The highest BCUT2D eigenvalue weighted by Crippen LogP contribution is 2.14. The van der Waals surface area contributed by atoms with Crippen molar-refractivity contribution in [1.29, 1.82) is 5.26 Å². The molecule has 1 aromatic carbocycles. The molecule has 4 heteroatoms. The van der Waals surface area contributed by atoms with E-state index in [1.807, 2.05) is 13.0 Å². The first-order chi connectivity index (χ1) is 8.17. The smallest absolute Gasteiger partial charge is 0.224 e. The zero-order chi connectivity index (χ0) is 12.7. The first kappa shape index (κ1) is 13.2. The minimum atomic E-state index is -0.0998. The number of ether oxygens (including phenoxy) is 1. The lowest BCUT2D eigenvalue weighted by Gasteiger charge is -2.11. The fourth-order valence-corrected chi connectivity index (χ4v) is 1.55. The molecule has 0 aliphatic rings. The number of para-hydroxylation sites is 1. The second-order valence-corrected chi connectivity index (χ2v) is 3.97. The quantitative estimate of drug-likeness (QED) is 0.846. The number of methoxy groups -OCH3 is 1. The van der Waals surface area contributed by atoms with Gasteiger partial charge < -0.3 is 10.1 Å². The van der Waals surface area contributed by atoms with E-state index in [0.29, 0.717) is 24.3 Å². The molecule has 0 aromatic heterocycles. The highest BCUT2D eigenvalue weighted by atomic mass is 16.5. The molecular formula is C13H16N2O2. The number of nitriles is 1. The van der Waals surface area contributed by atoms with E-state index in [4.69, 9.17) is 10.00 Å². The lowest BCUT2D eigenvalue weighted by atomic mass is 10.1. The van der Waals surface area contributed by atoms with Gasteiger partial charge in [0.2, 0.25) is 5.91 Å². The van der Waals surface area contributed by atoms with Crippen LogP contribution in [-0.2, 0) is 9.53 Å². The van der Waals surface area contributed by atoms with Crippen LogP contribution in [0.4, 0.5) is 5.69 Å². The van der Waals surface area contributed by atoms with Crippen LogP contribution in [0.1, 0.15) is 18.9 Å². The second kappa shape index (κ2) is 6.66. The van der Waals surface area contributed by atoms with Gasteiger partial charge in [-0.05, 0) is 18.1 Å². The molecule has 0 radical (unpaired) electrons. The van der Waals surface area contributed by atoms with Crippen LogP contribution in [0.5, 0.6) is 0 Å². The lowest BCUT2D eigenvalue weighted by Crippen LogP contribution is -2.18. The van der Waals surface area contributed by atoms with E-state index in [1.165, 1.54) is 0 Å². The molecule has 4 nitrogen and oxygen atoms in total. The summed E-state index contributed by atoms with van der Waals surface area (Å²) in [5.41, 5.74) is 1.03. The van der Waals surface area contributed by atoms with Gasteiger partial charge in [-0.15, -0.1) is 0 Å². The summed E-state index contributed by atoms with van der Waals surface area (Å²) in [6.07, 6.45) is 0.383. The predicted octanol–water partition coefficient (Wildman–Crippen LogP) is 2.17. The Morgan fingerprint density at radius 1 is 1.53 bits per heavy atom. The molecule has 0 saturated carbocycles. The molecule has 1 amide bonds. The summed E-state index contributed by atoms with van der Waals surface area (Å²) >= 11 is 0. The fourth-order valence-electron chi connectivity index (χ4n) is 1.55. The third-order valence-corrected chi connectivity index (χ3v) is 2.31. The van der Waals surface area contributed by atoms with Gasteiger partial charge in [-0.1, -0.05) is 19.1 Å². The molecule has 90 valence electrons. The van der Waals surface area contributed by atoms with Crippen molar-refractivity contribution in [2.75, 3.05) is 19.0 Å². The molecular weight excluding hydrogens is 216 g/mol. The van der Waals surface area contributed by atoms with Crippen LogP contribution in [0.2, 0.25) is 0 Å². The molecule has 17 heavy (non-hydrogen) atoms. The summed E-state index contributed by atoms with van der Waals surface area (Å²) < 4.78 is 4.97. The maximum atomic E-state index is 11.7. The SMILES string of the molecule is COCC(C)CC(=O)Nc1ccccc1C#N. The van der Waals surface area contributed by atoms with E-state index in [0.717, 1.165) is 0 Å². The Hall–Kier alpha value is -1.86. The summed E-state index contributed by atoms with van der Waals surface area (Å²) in [7, 11) is 1.61. The Bertz CT molecular complexity index is 424. The van der Waals surface area contributed by atoms with Gasteiger partial charge >= 0.3 is 0 Å². The van der Waals surface area contributed by atoms with Gasteiger partial charge in [-0.3, -0.25) is 4.79 Å². The number of amides is 1. The average Bonchev–Trinajstić information content (AvgIpc) is 2.29.